The molecule has 0 spiro atoms. The van der Waals surface area contributed by atoms with Crippen LogP contribution in [0.15, 0.2) is 29.3 Å². The predicted octanol–water partition coefficient (Wildman–Crippen LogP) is 4.72. The summed E-state index contributed by atoms with van der Waals surface area (Å²) in [5.41, 5.74) is 0.965. The zero-order chi connectivity index (χ0) is 16.8. The van der Waals surface area contributed by atoms with Crippen molar-refractivity contribution in [1.82, 2.24) is 0 Å². The van der Waals surface area contributed by atoms with Gasteiger partial charge in [-0.1, -0.05) is 74.9 Å². The van der Waals surface area contributed by atoms with E-state index in [-0.39, 0.29) is 22.0 Å². The van der Waals surface area contributed by atoms with Crippen molar-refractivity contribution >= 4 is 34.5 Å². The average molecular weight is 333 g/mol. The number of carbonyl (C=O) groups is 3. The van der Waals surface area contributed by atoms with Crippen molar-refractivity contribution in [3.8, 4) is 0 Å². The molecular weight excluding hydrogens is 312 g/mol. The summed E-state index contributed by atoms with van der Waals surface area (Å²) in [5, 5.41) is -0.232. The van der Waals surface area contributed by atoms with Gasteiger partial charge in [-0.25, -0.2) is 0 Å². The molecule has 0 amide bonds. The van der Waals surface area contributed by atoms with Crippen LogP contribution in [0.25, 0.3) is 5.57 Å². The van der Waals surface area contributed by atoms with Crippen molar-refractivity contribution in [2.75, 3.05) is 0 Å². The quantitative estimate of drug-likeness (QED) is 0.511. The molecule has 1 aliphatic rings. The summed E-state index contributed by atoms with van der Waals surface area (Å²) in [5.74, 6) is -1.57. The molecule has 0 aromatic heterocycles. The molecule has 0 radical (unpaired) electrons. The summed E-state index contributed by atoms with van der Waals surface area (Å²) >= 11 is 6.02. The predicted molar refractivity (Wildman–Crippen MR) is 91.6 cm³/mol. The van der Waals surface area contributed by atoms with E-state index in [9.17, 15) is 14.4 Å². The van der Waals surface area contributed by atoms with Crippen molar-refractivity contribution in [2.24, 2.45) is 0 Å². The third kappa shape index (κ3) is 3.97. The van der Waals surface area contributed by atoms with Crippen molar-refractivity contribution < 1.29 is 14.4 Å². The fourth-order valence-corrected chi connectivity index (χ4v) is 3.11. The summed E-state index contributed by atoms with van der Waals surface area (Å²) in [7, 11) is 0. The molecule has 23 heavy (non-hydrogen) atoms. The standard InChI is InChI=1S/C19H21ClO3/c1-2-3-4-5-6-7-12-15(21)16-13-10-8-9-11-14(13)18(22)19(23)17(16)20/h8-11H,2-7,12H2,1H3. The fourth-order valence-electron chi connectivity index (χ4n) is 2.82. The highest BCUT2D eigenvalue weighted by molar-refractivity contribution is 6.66. The van der Waals surface area contributed by atoms with Gasteiger partial charge < -0.3 is 0 Å². The number of Topliss-reactive ketones (excluding diaryl/α,β-unsaturated/α-hetero) is 3. The summed E-state index contributed by atoms with van der Waals surface area (Å²) in [4.78, 5) is 36.4. The summed E-state index contributed by atoms with van der Waals surface area (Å²) in [6, 6.07) is 6.66. The Labute approximate surface area is 141 Å². The monoisotopic (exact) mass is 332 g/mol. The Kier molecular flexibility index (Phi) is 6.28. The first-order chi connectivity index (χ1) is 11.1. The van der Waals surface area contributed by atoms with E-state index in [0.29, 0.717) is 12.0 Å². The van der Waals surface area contributed by atoms with Crippen LogP contribution in [0, 0.1) is 0 Å². The molecule has 0 aliphatic heterocycles. The number of fused-ring (bicyclic) bond motifs is 1. The molecule has 122 valence electrons. The number of benzene rings is 1. The molecule has 0 fully saturated rings. The zero-order valence-corrected chi connectivity index (χ0v) is 14.1. The van der Waals surface area contributed by atoms with Crippen molar-refractivity contribution in [3.05, 3.63) is 40.4 Å². The van der Waals surface area contributed by atoms with E-state index < -0.39 is 11.6 Å². The van der Waals surface area contributed by atoms with Crippen LogP contribution < -0.4 is 0 Å². The highest BCUT2D eigenvalue weighted by atomic mass is 35.5. The second kappa shape index (κ2) is 8.21. The lowest BCUT2D eigenvalue weighted by atomic mass is 9.86. The third-order valence-corrected chi connectivity index (χ3v) is 4.46. The lowest BCUT2D eigenvalue weighted by Crippen LogP contribution is -2.24. The van der Waals surface area contributed by atoms with Gasteiger partial charge in [0.1, 0.15) is 5.03 Å². The molecule has 0 saturated heterocycles. The van der Waals surface area contributed by atoms with E-state index >= 15 is 0 Å². The van der Waals surface area contributed by atoms with E-state index in [0.717, 1.165) is 19.3 Å². The number of ketones is 3. The number of unbranched alkanes of at least 4 members (excludes halogenated alkanes) is 5. The lowest BCUT2D eigenvalue weighted by Gasteiger charge is -2.17. The second-order valence-electron chi connectivity index (χ2n) is 5.83. The SMILES string of the molecule is CCCCCCCCC(=O)C1=C(Cl)C(=O)C(=O)c2ccccc21. The molecule has 2 rings (SSSR count). The number of hydrogen-bond acceptors (Lipinski definition) is 3. The maximum absolute atomic E-state index is 12.5. The van der Waals surface area contributed by atoms with Gasteiger partial charge in [-0.05, 0) is 12.0 Å². The Hall–Kier alpha value is -1.74. The van der Waals surface area contributed by atoms with E-state index in [2.05, 4.69) is 6.92 Å². The minimum Gasteiger partial charge on any atom is -0.294 e. The van der Waals surface area contributed by atoms with Gasteiger partial charge in [0.2, 0.25) is 11.6 Å². The van der Waals surface area contributed by atoms with Gasteiger partial charge in [0.25, 0.3) is 0 Å². The number of halogens is 1. The van der Waals surface area contributed by atoms with Gasteiger partial charge in [-0.2, -0.15) is 0 Å². The normalized spacial score (nSPS) is 14.2. The first kappa shape index (κ1) is 17.6. The fraction of sp³-hybridized carbons (Fsp3) is 0.421. The molecule has 0 N–H and O–H groups in total. The van der Waals surface area contributed by atoms with Gasteiger partial charge in [0, 0.05) is 17.6 Å². The maximum atomic E-state index is 12.5. The Morgan fingerprint density at radius 1 is 0.913 bits per heavy atom. The Bertz CT molecular complexity index is 658. The first-order valence-electron chi connectivity index (χ1n) is 8.19. The lowest BCUT2D eigenvalue weighted by molar-refractivity contribution is -0.115. The molecule has 0 atom stereocenters. The second-order valence-corrected chi connectivity index (χ2v) is 6.21. The van der Waals surface area contributed by atoms with Crippen LogP contribution in [-0.2, 0) is 9.59 Å². The van der Waals surface area contributed by atoms with Crippen LogP contribution in [-0.4, -0.2) is 17.3 Å². The van der Waals surface area contributed by atoms with E-state index in [1.54, 1.807) is 24.3 Å². The minimum absolute atomic E-state index is 0.154. The molecule has 0 saturated carbocycles. The number of rotatable bonds is 8. The van der Waals surface area contributed by atoms with Gasteiger partial charge in [0.05, 0.1) is 0 Å². The highest BCUT2D eigenvalue weighted by Gasteiger charge is 2.34. The van der Waals surface area contributed by atoms with Gasteiger partial charge >= 0.3 is 0 Å². The topological polar surface area (TPSA) is 51.2 Å². The molecule has 1 aliphatic carbocycles. The van der Waals surface area contributed by atoms with Gasteiger partial charge in [0.15, 0.2) is 5.78 Å². The summed E-state index contributed by atoms with van der Waals surface area (Å²) in [6.45, 7) is 2.16. The molecule has 0 bridgehead atoms. The molecule has 0 heterocycles. The highest BCUT2D eigenvalue weighted by Crippen LogP contribution is 2.33. The average Bonchev–Trinajstić information content (AvgIpc) is 2.56. The maximum Gasteiger partial charge on any atom is 0.245 e. The Morgan fingerprint density at radius 3 is 2.22 bits per heavy atom. The van der Waals surface area contributed by atoms with Crippen LogP contribution in [0.3, 0.4) is 0 Å². The largest absolute Gasteiger partial charge is 0.294 e. The smallest absolute Gasteiger partial charge is 0.245 e. The molecular formula is C19H21ClO3. The first-order valence-corrected chi connectivity index (χ1v) is 8.57. The van der Waals surface area contributed by atoms with Crippen LogP contribution in [0.5, 0.6) is 0 Å². The van der Waals surface area contributed by atoms with E-state index in [1.165, 1.54) is 19.3 Å². The molecule has 3 nitrogen and oxygen atoms in total. The van der Waals surface area contributed by atoms with Crippen LogP contribution >= 0.6 is 11.6 Å². The zero-order valence-electron chi connectivity index (χ0n) is 13.4. The molecule has 1 aromatic carbocycles. The Balaban J connectivity index is 2.09. The summed E-state index contributed by atoms with van der Waals surface area (Å²) < 4.78 is 0. The number of carbonyl (C=O) groups excluding carboxylic acids is 3. The summed E-state index contributed by atoms with van der Waals surface area (Å²) in [6.07, 6.45) is 6.83. The minimum atomic E-state index is -0.781. The van der Waals surface area contributed by atoms with Gasteiger partial charge in [-0.15, -0.1) is 0 Å². The number of allylic oxidation sites excluding steroid dienone is 2. The van der Waals surface area contributed by atoms with E-state index in [1.807, 2.05) is 0 Å². The van der Waals surface area contributed by atoms with Crippen molar-refractivity contribution in [3.63, 3.8) is 0 Å². The van der Waals surface area contributed by atoms with Crippen LogP contribution in [0.4, 0.5) is 0 Å². The third-order valence-electron chi connectivity index (χ3n) is 4.10. The van der Waals surface area contributed by atoms with Crippen molar-refractivity contribution in [2.45, 2.75) is 51.9 Å². The van der Waals surface area contributed by atoms with Crippen LogP contribution in [0.2, 0.25) is 0 Å². The van der Waals surface area contributed by atoms with Crippen molar-refractivity contribution in [1.29, 1.82) is 0 Å². The molecule has 1 aromatic rings. The molecule has 4 heteroatoms. The number of hydrogen-bond donors (Lipinski definition) is 0. The molecule has 0 unspecified atom stereocenters. The van der Waals surface area contributed by atoms with E-state index in [4.69, 9.17) is 11.6 Å². The van der Waals surface area contributed by atoms with Crippen LogP contribution in [0.1, 0.15) is 67.8 Å². The Morgan fingerprint density at radius 2 is 1.52 bits per heavy atom. The van der Waals surface area contributed by atoms with Gasteiger partial charge in [-0.3, -0.25) is 14.4 Å².